The Labute approximate surface area is 181 Å². The van der Waals surface area contributed by atoms with Crippen LogP contribution in [0.2, 0.25) is 0 Å². The predicted molar refractivity (Wildman–Crippen MR) is 114 cm³/mol. The number of halogens is 1. The first-order valence-corrected chi connectivity index (χ1v) is 10.4. The monoisotopic (exact) mass is 429 g/mol. The van der Waals surface area contributed by atoms with E-state index in [9.17, 15) is 14.0 Å². The first kappa shape index (κ1) is 22.6. The van der Waals surface area contributed by atoms with Gasteiger partial charge in [-0.25, -0.2) is 4.39 Å². The molecule has 1 fully saturated rings. The minimum Gasteiger partial charge on any atom is -0.493 e. The molecule has 0 bridgehead atoms. The smallest absolute Gasteiger partial charge is 0.317 e. The van der Waals surface area contributed by atoms with Crippen LogP contribution in [0.4, 0.5) is 4.39 Å². The number of rotatable bonds is 9. The Kier molecular flexibility index (Phi) is 7.50. The van der Waals surface area contributed by atoms with Crippen LogP contribution in [0.5, 0.6) is 11.5 Å². The lowest BCUT2D eigenvalue weighted by molar-refractivity contribution is -0.154. The third kappa shape index (κ3) is 5.34. The summed E-state index contributed by atoms with van der Waals surface area (Å²) in [5.41, 5.74) is 0.926. The molecule has 0 unspecified atom stereocenters. The van der Waals surface area contributed by atoms with Crippen LogP contribution >= 0.6 is 0 Å². The zero-order chi connectivity index (χ0) is 22.3. The number of benzene rings is 2. The van der Waals surface area contributed by atoms with E-state index in [-0.39, 0.29) is 18.3 Å². The zero-order valence-corrected chi connectivity index (χ0v) is 17.9. The van der Waals surface area contributed by atoms with E-state index in [1.807, 2.05) is 18.2 Å². The highest BCUT2D eigenvalue weighted by atomic mass is 19.1. The van der Waals surface area contributed by atoms with Crippen molar-refractivity contribution in [1.29, 1.82) is 0 Å². The van der Waals surface area contributed by atoms with Crippen LogP contribution in [-0.4, -0.2) is 39.2 Å². The molecule has 2 aromatic rings. The molecule has 1 aliphatic rings. The molecule has 31 heavy (non-hydrogen) atoms. The van der Waals surface area contributed by atoms with E-state index < -0.39 is 11.4 Å². The minimum absolute atomic E-state index is 0.340. The summed E-state index contributed by atoms with van der Waals surface area (Å²) < 4.78 is 29.2. The third-order valence-corrected chi connectivity index (χ3v) is 5.76. The molecule has 0 aromatic heterocycles. The van der Waals surface area contributed by atoms with E-state index in [1.165, 1.54) is 12.1 Å². The maximum absolute atomic E-state index is 13.3. The van der Waals surface area contributed by atoms with E-state index in [0.717, 1.165) is 24.0 Å². The van der Waals surface area contributed by atoms with Gasteiger partial charge in [-0.2, -0.15) is 0 Å². The predicted octanol–water partition coefficient (Wildman–Crippen LogP) is 3.56. The van der Waals surface area contributed by atoms with E-state index in [2.05, 4.69) is 5.32 Å². The van der Waals surface area contributed by atoms with Gasteiger partial charge in [0.25, 0.3) is 5.91 Å². The number of hydrogen-bond donors (Lipinski definition) is 1. The molecule has 1 amide bonds. The number of amides is 1. The Morgan fingerprint density at radius 3 is 2.32 bits per heavy atom. The molecule has 0 spiro atoms. The van der Waals surface area contributed by atoms with E-state index in [0.29, 0.717) is 37.3 Å². The lowest BCUT2D eigenvalue weighted by atomic mass is 9.79. The van der Waals surface area contributed by atoms with Crippen LogP contribution in [-0.2, 0) is 26.2 Å². The van der Waals surface area contributed by atoms with E-state index >= 15 is 0 Å². The van der Waals surface area contributed by atoms with Crippen LogP contribution < -0.4 is 14.8 Å². The highest BCUT2D eigenvalue weighted by Crippen LogP contribution is 2.42. The molecule has 6 nitrogen and oxygen atoms in total. The Hall–Kier alpha value is -3.09. The van der Waals surface area contributed by atoms with Crippen molar-refractivity contribution in [3.05, 3.63) is 59.4 Å². The lowest BCUT2D eigenvalue weighted by Gasteiger charge is -2.27. The molecule has 166 valence electrons. The number of hydrogen-bond acceptors (Lipinski definition) is 5. The third-order valence-electron chi connectivity index (χ3n) is 5.76. The standard InChI is InChI=1S/C24H28FNO5/c1-29-20-10-5-17(15-21(20)30-2)11-14-26-22(27)16-31-23(28)24(12-3-4-13-24)18-6-8-19(25)9-7-18/h5-10,15H,3-4,11-14,16H2,1-2H3,(H,26,27). The van der Waals surface area contributed by atoms with Crippen LogP contribution in [0.3, 0.4) is 0 Å². The van der Waals surface area contributed by atoms with Gasteiger partial charge in [-0.05, 0) is 54.7 Å². The van der Waals surface area contributed by atoms with Crippen LogP contribution in [0.15, 0.2) is 42.5 Å². The number of carbonyl (C=O) groups is 2. The number of ether oxygens (including phenoxy) is 3. The molecular weight excluding hydrogens is 401 g/mol. The van der Waals surface area contributed by atoms with Crippen molar-refractivity contribution in [2.24, 2.45) is 0 Å². The highest BCUT2D eigenvalue weighted by molar-refractivity contribution is 5.86. The van der Waals surface area contributed by atoms with Gasteiger partial charge in [-0.1, -0.05) is 31.0 Å². The molecule has 0 saturated heterocycles. The highest BCUT2D eigenvalue weighted by Gasteiger charge is 2.44. The lowest BCUT2D eigenvalue weighted by Crippen LogP contribution is -2.38. The second kappa shape index (κ2) is 10.3. The quantitative estimate of drug-likeness (QED) is 0.617. The summed E-state index contributed by atoms with van der Waals surface area (Å²) in [5.74, 6) is 0.138. The molecular formula is C24H28FNO5. The van der Waals surface area contributed by atoms with Gasteiger partial charge in [-0.3, -0.25) is 9.59 Å². The van der Waals surface area contributed by atoms with E-state index in [1.54, 1.807) is 26.4 Å². The molecule has 0 aliphatic heterocycles. The average molecular weight is 429 g/mol. The molecule has 7 heteroatoms. The maximum Gasteiger partial charge on any atom is 0.317 e. The van der Waals surface area contributed by atoms with Crippen molar-refractivity contribution in [2.45, 2.75) is 37.5 Å². The van der Waals surface area contributed by atoms with Crippen LogP contribution in [0.25, 0.3) is 0 Å². The summed E-state index contributed by atoms with van der Waals surface area (Å²) in [5, 5.41) is 2.77. The molecule has 0 heterocycles. The summed E-state index contributed by atoms with van der Waals surface area (Å²) in [6, 6.07) is 11.5. The zero-order valence-electron chi connectivity index (χ0n) is 17.9. The SMILES string of the molecule is COc1ccc(CCNC(=O)COC(=O)C2(c3ccc(F)cc3)CCCC2)cc1OC. The van der Waals surface area contributed by atoms with Gasteiger partial charge >= 0.3 is 5.97 Å². The molecule has 0 radical (unpaired) electrons. The van der Waals surface area contributed by atoms with E-state index in [4.69, 9.17) is 14.2 Å². The number of nitrogens with one attached hydrogen (secondary N) is 1. The summed E-state index contributed by atoms with van der Waals surface area (Å²) in [6.07, 6.45) is 3.66. The Bertz CT molecular complexity index is 907. The van der Waals surface area contributed by atoms with Crippen molar-refractivity contribution < 1.29 is 28.2 Å². The van der Waals surface area contributed by atoms with Crippen molar-refractivity contribution in [1.82, 2.24) is 5.32 Å². The maximum atomic E-state index is 13.3. The molecule has 1 N–H and O–H groups in total. The van der Waals surface area contributed by atoms with Crippen molar-refractivity contribution in [3.8, 4) is 11.5 Å². The summed E-state index contributed by atoms with van der Waals surface area (Å²) in [6.45, 7) is 0.0582. The molecule has 2 aromatic carbocycles. The Balaban J connectivity index is 1.50. The fourth-order valence-corrected chi connectivity index (χ4v) is 4.06. The van der Waals surface area contributed by atoms with Gasteiger partial charge in [0, 0.05) is 6.54 Å². The average Bonchev–Trinajstić information content (AvgIpc) is 3.29. The first-order chi connectivity index (χ1) is 15.0. The van der Waals surface area contributed by atoms with Gasteiger partial charge in [0.2, 0.25) is 0 Å². The number of methoxy groups -OCH3 is 2. The molecule has 0 atom stereocenters. The largest absolute Gasteiger partial charge is 0.493 e. The van der Waals surface area contributed by atoms with Gasteiger partial charge in [0.1, 0.15) is 5.82 Å². The first-order valence-electron chi connectivity index (χ1n) is 10.4. The molecule has 3 rings (SSSR count). The van der Waals surface area contributed by atoms with Gasteiger partial charge in [0.15, 0.2) is 18.1 Å². The minimum atomic E-state index is -0.798. The second-order valence-electron chi connectivity index (χ2n) is 7.66. The van der Waals surface area contributed by atoms with Gasteiger partial charge < -0.3 is 19.5 Å². The normalized spacial score (nSPS) is 14.7. The number of carbonyl (C=O) groups excluding carboxylic acids is 2. The topological polar surface area (TPSA) is 73.9 Å². The van der Waals surface area contributed by atoms with Crippen molar-refractivity contribution in [2.75, 3.05) is 27.4 Å². The van der Waals surface area contributed by atoms with Crippen LogP contribution in [0.1, 0.15) is 36.8 Å². The Morgan fingerprint density at radius 1 is 1.00 bits per heavy atom. The van der Waals surface area contributed by atoms with Crippen molar-refractivity contribution >= 4 is 11.9 Å². The van der Waals surface area contributed by atoms with Crippen LogP contribution in [0, 0.1) is 5.82 Å². The second-order valence-corrected chi connectivity index (χ2v) is 7.66. The van der Waals surface area contributed by atoms with Gasteiger partial charge in [0.05, 0.1) is 19.6 Å². The summed E-state index contributed by atoms with van der Waals surface area (Å²) in [7, 11) is 3.14. The Morgan fingerprint density at radius 2 is 1.68 bits per heavy atom. The summed E-state index contributed by atoms with van der Waals surface area (Å²) >= 11 is 0. The molecule has 1 saturated carbocycles. The fourth-order valence-electron chi connectivity index (χ4n) is 4.06. The van der Waals surface area contributed by atoms with Gasteiger partial charge in [-0.15, -0.1) is 0 Å². The van der Waals surface area contributed by atoms with Crippen molar-refractivity contribution in [3.63, 3.8) is 0 Å². The summed E-state index contributed by atoms with van der Waals surface area (Å²) in [4.78, 5) is 25.0. The molecule has 1 aliphatic carbocycles. The number of esters is 1. The fraction of sp³-hybridized carbons (Fsp3) is 0.417.